The SMILES string of the molecule is [C-]#[N+]c1ccc(-c2ccc(-c3ccc4oc5ccc(-c6cc7cccnc7c7ncccc67)cc5c4c3)cc2)cc1. The van der Waals surface area contributed by atoms with Crippen LogP contribution < -0.4 is 0 Å². The van der Waals surface area contributed by atoms with E-state index >= 15 is 0 Å². The van der Waals surface area contributed by atoms with E-state index < -0.39 is 0 Å². The number of hydrogen-bond donors (Lipinski definition) is 0. The third-order valence-corrected chi connectivity index (χ3v) is 7.79. The molecule has 0 spiro atoms. The van der Waals surface area contributed by atoms with E-state index in [2.05, 4.69) is 93.7 Å². The Morgan fingerprint density at radius 3 is 1.78 bits per heavy atom. The molecule has 4 nitrogen and oxygen atoms in total. The number of nitrogens with zero attached hydrogens (tertiary/aromatic N) is 3. The van der Waals surface area contributed by atoms with Gasteiger partial charge in [0, 0.05) is 33.9 Å². The molecule has 0 unspecified atom stereocenters. The first-order chi connectivity index (χ1) is 20.2. The first-order valence-electron chi connectivity index (χ1n) is 13.4. The number of aromatic nitrogens is 2. The third-order valence-electron chi connectivity index (χ3n) is 7.79. The lowest BCUT2D eigenvalue weighted by atomic mass is 9.96. The average Bonchev–Trinajstić information content (AvgIpc) is 3.42. The second kappa shape index (κ2) is 9.15. The summed E-state index contributed by atoms with van der Waals surface area (Å²) in [6.45, 7) is 7.17. The van der Waals surface area contributed by atoms with Gasteiger partial charge in [-0.25, -0.2) is 4.85 Å². The second-order valence-corrected chi connectivity index (χ2v) is 10.2. The van der Waals surface area contributed by atoms with E-state index in [1.54, 1.807) is 0 Å². The second-order valence-electron chi connectivity index (χ2n) is 10.2. The smallest absolute Gasteiger partial charge is 0.187 e. The van der Waals surface area contributed by atoms with Gasteiger partial charge in [-0.1, -0.05) is 72.8 Å². The van der Waals surface area contributed by atoms with Gasteiger partial charge in [0.05, 0.1) is 17.6 Å². The lowest BCUT2D eigenvalue weighted by Crippen LogP contribution is -1.88. The molecule has 4 heteroatoms. The van der Waals surface area contributed by atoms with E-state index in [-0.39, 0.29) is 0 Å². The highest BCUT2D eigenvalue weighted by molar-refractivity contribution is 6.12. The Labute approximate surface area is 236 Å². The highest BCUT2D eigenvalue weighted by Crippen LogP contribution is 2.38. The maximum absolute atomic E-state index is 7.17. The molecule has 0 aliphatic rings. The Bertz CT molecular complexity index is 2310. The number of benzene rings is 5. The molecule has 41 heavy (non-hydrogen) atoms. The summed E-state index contributed by atoms with van der Waals surface area (Å²) in [7, 11) is 0. The Balaban J connectivity index is 1.23. The van der Waals surface area contributed by atoms with Crippen LogP contribution in [0, 0.1) is 6.57 Å². The average molecular weight is 524 g/mol. The van der Waals surface area contributed by atoms with Crippen LogP contribution in [-0.4, -0.2) is 9.97 Å². The quantitative estimate of drug-likeness (QED) is 0.171. The standard InChI is InChI=1S/C37H21N3O/c1-38-29-14-10-24(11-15-29)23-6-8-25(9-7-23)26-12-16-34-32(20-26)33-21-27(13-17-35(33)41-34)31-22-28-4-2-18-39-36(28)37-30(31)5-3-19-40-37/h2-22H. The molecule has 190 valence electrons. The zero-order chi connectivity index (χ0) is 27.3. The molecule has 0 bridgehead atoms. The summed E-state index contributed by atoms with van der Waals surface area (Å²) >= 11 is 0. The fraction of sp³-hybridized carbons (Fsp3) is 0. The van der Waals surface area contributed by atoms with Crippen LogP contribution in [0.25, 0.3) is 82.0 Å². The predicted octanol–water partition coefficient (Wildman–Crippen LogP) is 10.2. The Hall–Kier alpha value is -5.79. The number of hydrogen-bond acceptors (Lipinski definition) is 3. The van der Waals surface area contributed by atoms with E-state index in [1.807, 2.05) is 48.8 Å². The molecule has 0 atom stereocenters. The van der Waals surface area contributed by atoms with E-state index in [4.69, 9.17) is 11.0 Å². The van der Waals surface area contributed by atoms with Crippen molar-refractivity contribution in [1.29, 1.82) is 0 Å². The third kappa shape index (κ3) is 3.83. The van der Waals surface area contributed by atoms with Gasteiger partial charge in [0.15, 0.2) is 5.69 Å². The molecule has 3 heterocycles. The summed E-state index contributed by atoms with van der Waals surface area (Å²) in [5.74, 6) is 0. The van der Waals surface area contributed by atoms with E-state index in [0.29, 0.717) is 5.69 Å². The number of rotatable bonds is 3. The zero-order valence-electron chi connectivity index (χ0n) is 21.9. The number of fused-ring (bicyclic) bond motifs is 6. The molecule has 0 aliphatic carbocycles. The minimum absolute atomic E-state index is 0.650. The molecular weight excluding hydrogens is 502 g/mol. The number of furan rings is 1. The van der Waals surface area contributed by atoms with Crippen LogP contribution in [0.15, 0.2) is 132 Å². The molecule has 0 fully saturated rings. The summed E-state index contributed by atoms with van der Waals surface area (Å²) in [6, 6.07) is 39.4. The normalized spacial score (nSPS) is 11.4. The molecule has 0 aliphatic heterocycles. The minimum Gasteiger partial charge on any atom is -0.456 e. The van der Waals surface area contributed by atoms with E-state index in [1.165, 1.54) is 0 Å². The van der Waals surface area contributed by atoms with Crippen LogP contribution in [-0.2, 0) is 0 Å². The van der Waals surface area contributed by atoms with Gasteiger partial charge in [-0.05, 0) is 75.8 Å². The molecular formula is C37H21N3O. The van der Waals surface area contributed by atoms with Crippen molar-refractivity contribution in [3.63, 3.8) is 0 Å². The van der Waals surface area contributed by atoms with Gasteiger partial charge in [0.2, 0.25) is 0 Å². The lowest BCUT2D eigenvalue weighted by Gasteiger charge is -2.10. The topological polar surface area (TPSA) is 43.3 Å². The van der Waals surface area contributed by atoms with Gasteiger partial charge in [0.1, 0.15) is 11.2 Å². The van der Waals surface area contributed by atoms with Crippen molar-refractivity contribution in [3.8, 4) is 33.4 Å². The van der Waals surface area contributed by atoms with Crippen molar-refractivity contribution in [2.24, 2.45) is 0 Å². The molecule has 0 saturated carbocycles. The lowest BCUT2D eigenvalue weighted by molar-refractivity contribution is 0.669. The van der Waals surface area contributed by atoms with Crippen LogP contribution in [0.4, 0.5) is 5.69 Å². The van der Waals surface area contributed by atoms with Gasteiger partial charge >= 0.3 is 0 Å². The predicted molar refractivity (Wildman–Crippen MR) is 167 cm³/mol. The summed E-state index contributed by atoms with van der Waals surface area (Å²) in [5.41, 5.74) is 10.9. The van der Waals surface area contributed by atoms with Gasteiger partial charge in [-0.2, -0.15) is 0 Å². The van der Waals surface area contributed by atoms with Gasteiger partial charge in [-0.3, -0.25) is 9.97 Å². The van der Waals surface area contributed by atoms with Crippen molar-refractivity contribution in [3.05, 3.63) is 139 Å². The van der Waals surface area contributed by atoms with Crippen molar-refractivity contribution < 1.29 is 4.42 Å². The highest BCUT2D eigenvalue weighted by atomic mass is 16.3. The maximum Gasteiger partial charge on any atom is 0.187 e. The molecule has 8 rings (SSSR count). The minimum atomic E-state index is 0.650. The largest absolute Gasteiger partial charge is 0.456 e. The molecule has 0 radical (unpaired) electrons. The van der Waals surface area contributed by atoms with Gasteiger partial charge in [0.25, 0.3) is 0 Å². The Morgan fingerprint density at radius 1 is 0.512 bits per heavy atom. The summed E-state index contributed by atoms with van der Waals surface area (Å²) in [6.07, 6.45) is 3.64. The molecule has 3 aromatic heterocycles. The van der Waals surface area contributed by atoms with E-state index in [0.717, 1.165) is 77.1 Å². The van der Waals surface area contributed by atoms with Crippen molar-refractivity contribution in [2.75, 3.05) is 0 Å². The van der Waals surface area contributed by atoms with Crippen LogP contribution >= 0.6 is 0 Å². The fourth-order valence-electron chi connectivity index (χ4n) is 5.72. The first kappa shape index (κ1) is 23.1. The molecule has 0 saturated heterocycles. The van der Waals surface area contributed by atoms with Crippen molar-refractivity contribution in [2.45, 2.75) is 0 Å². The monoisotopic (exact) mass is 523 g/mol. The van der Waals surface area contributed by atoms with Crippen LogP contribution in [0.3, 0.4) is 0 Å². The fourth-order valence-corrected chi connectivity index (χ4v) is 5.72. The highest BCUT2D eigenvalue weighted by Gasteiger charge is 2.14. The Morgan fingerprint density at radius 2 is 1.07 bits per heavy atom. The molecule has 5 aromatic carbocycles. The summed E-state index contributed by atoms with van der Waals surface area (Å²) < 4.78 is 6.24. The molecule has 8 aromatic rings. The molecule has 0 amide bonds. The van der Waals surface area contributed by atoms with Crippen LogP contribution in [0.2, 0.25) is 0 Å². The first-order valence-corrected chi connectivity index (χ1v) is 13.4. The van der Waals surface area contributed by atoms with Crippen LogP contribution in [0.1, 0.15) is 0 Å². The van der Waals surface area contributed by atoms with Crippen LogP contribution in [0.5, 0.6) is 0 Å². The maximum atomic E-state index is 7.17. The molecule has 0 N–H and O–H groups in total. The van der Waals surface area contributed by atoms with E-state index in [9.17, 15) is 0 Å². The van der Waals surface area contributed by atoms with Gasteiger partial charge in [-0.15, -0.1) is 0 Å². The number of pyridine rings is 2. The Kier molecular flexibility index (Phi) is 5.16. The summed E-state index contributed by atoms with van der Waals surface area (Å²) in [4.78, 5) is 12.8. The summed E-state index contributed by atoms with van der Waals surface area (Å²) in [5, 5.41) is 4.32. The van der Waals surface area contributed by atoms with Crippen molar-refractivity contribution in [1.82, 2.24) is 9.97 Å². The van der Waals surface area contributed by atoms with Gasteiger partial charge < -0.3 is 4.42 Å². The zero-order valence-corrected chi connectivity index (χ0v) is 21.9. The van der Waals surface area contributed by atoms with Crippen molar-refractivity contribution >= 4 is 49.4 Å².